The molecule has 0 aliphatic rings. The summed E-state index contributed by atoms with van der Waals surface area (Å²) < 4.78 is 4.83. The molecule has 3 nitrogen and oxygen atoms in total. The molecule has 82 valence electrons. The Labute approximate surface area is 85.8 Å². The fourth-order valence-corrected chi connectivity index (χ4v) is 1.25. The van der Waals surface area contributed by atoms with E-state index < -0.39 is 0 Å². The van der Waals surface area contributed by atoms with Gasteiger partial charge in [0.15, 0.2) is 0 Å². The van der Waals surface area contributed by atoms with Gasteiger partial charge in [0.1, 0.15) is 5.78 Å². The highest BCUT2D eigenvalue weighted by Gasteiger charge is 2.04. The molecule has 0 aromatic heterocycles. The SMILES string of the molecule is CC(=O)CCCC(C)CCOC(C)=O. The fourth-order valence-electron chi connectivity index (χ4n) is 1.25. The van der Waals surface area contributed by atoms with Crippen LogP contribution in [0.3, 0.4) is 0 Å². The largest absolute Gasteiger partial charge is 0.466 e. The van der Waals surface area contributed by atoms with Crippen molar-refractivity contribution in [2.75, 3.05) is 6.61 Å². The summed E-state index contributed by atoms with van der Waals surface area (Å²) in [7, 11) is 0. The molecule has 0 fully saturated rings. The number of hydrogen-bond donors (Lipinski definition) is 0. The lowest BCUT2D eigenvalue weighted by Crippen LogP contribution is -2.05. The highest BCUT2D eigenvalue weighted by atomic mass is 16.5. The Balaban J connectivity index is 3.32. The molecule has 0 saturated carbocycles. The number of Topliss-reactive ketones (excluding diaryl/α,β-unsaturated/α-hetero) is 1. The number of esters is 1. The van der Waals surface area contributed by atoms with Crippen LogP contribution in [0.1, 0.15) is 46.5 Å². The fraction of sp³-hybridized carbons (Fsp3) is 0.818. The molecule has 0 aromatic rings. The summed E-state index contributed by atoms with van der Waals surface area (Å²) in [4.78, 5) is 21.1. The van der Waals surface area contributed by atoms with Crippen molar-refractivity contribution < 1.29 is 14.3 Å². The highest BCUT2D eigenvalue weighted by molar-refractivity contribution is 5.75. The van der Waals surface area contributed by atoms with Gasteiger partial charge < -0.3 is 9.53 Å². The van der Waals surface area contributed by atoms with Crippen molar-refractivity contribution in [3.8, 4) is 0 Å². The molecular formula is C11H20O3. The van der Waals surface area contributed by atoms with Crippen LogP contribution in [-0.4, -0.2) is 18.4 Å². The normalized spacial score (nSPS) is 12.2. The van der Waals surface area contributed by atoms with Crippen LogP contribution in [0.25, 0.3) is 0 Å². The molecule has 0 spiro atoms. The first kappa shape index (κ1) is 13.1. The molecule has 1 unspecified atom stereocenters. The van der Waals surface area contributed by atoms with Crippen LogP contribution in [0.15, 0.2) is 0 Å². The second-order valence-corrected chi connectivity index (χ2v) is 3.83. The summed E-state index contributed by atoms with van der Waals surface area (Å²) >= 11 is 0. The minimum absolute atomic E-state index is 0.221. The molecule has 0 bridgehead atoms. The van der Waals surface area contributed by atoms with E-state index in [-0.39, 0.29) is 11.8 Å². The first-order chi connectivity index (χ1) is 6.52. The molecule has 0 aliphatic heterocycles. The van der Waals surface area contributed by atoms with Crippen molar-refractivity contribution >= 4 is 11.8 Å². The summed E-state index contributed by atoms with van der Waals surface area (Å²) in [6, 6.07) is 0. The average molecular weight is 200 g/mol. The van der Waals surface area contributed by atoms with Gasteiger partial charge in [-0.05, 0) is 25.7 Å². The molecule has 0 N–H and O–H groups in total. The predicted molar refractivity (Wildman–Crippen MR) is 54.9 cm³/mol. The van der Waals surface area contributed by atoms with E-state index in [1.165, 1.54) is 6.92 Å². The molecule has 0 heterocycles. The van der Waals surface area contributed by atoms with Crippen molar-refractivity contribution in [2.24, 2.45) is 5.92 Å². The Morgan fingerprint density at radius 3 is 2.36 bits per heavy atom. The van der Waals surface area contributed by atoms with Gasteiger partial charge in [-0.3, -0.25) is 4.79 Å². The lowest BCUT2D eigenvalue weighted by Gasteiger charge is -2.09. The molecule has 1 atom stereocenters. The summed E-state index contributed by atoms with van der Waals surface area (Å²) in [6.45, 7) is 5.64. The number of rotatable bonds is 7. The lowest BCUT2D eigenvalue weighted by molar-refractivity contribution is -0.141. The second-order valence-electron chi connectivity index (χ2n) is 3.83. The average Bonchev–Trinajstić information content (AvgIpc) is 2.02. The Morgan fingerprint density at radius 1 is 1.21 bits per heavy atom. The van der Waals surface area contributed by atoms with Crippen LogP contribution in [0.5, 0.6) is 0 Å². The minimum Gasteiger partial charge on any atom is -0.466 e. The van der Waals surface area contributed by atoms with E-state index in [1.807, 2.05) is 0 Å². The first-order valence-corrected chi connectivity index (χ1v) is 5.15. The van der Waals surface area contributed by atoms with E-state index in [2.05, 4.69) is 6.92 Å². The van der Waals surface area contributed by atoms with Gasteiger partial charge in [-0.15, -0.1) is 0 Å². The molecule has 0 saturated heterocycles. The predicted octanol–water partition coefficient (Wildman–Crippen LogP) is 2.33. The molecule has 0 aliphatic carbocycles. The standard InChI is InChI=1S/C11H20O3/c1-9(5-4-6-10(2)12)7-8-14-11(3)13/h9H,4-8H2,1-3H3. The quantitative estimate of drug-likeness (QED) is 0.592. The van der Waals surface area contributed by atoms with Crippen LogP contribution < -0.4 is 0 Å². The van der Waals surface area contributed by atoms with Crippen LogP contribution >= 0.6 is 0 Å². The smallest absolute Gasteiger partial charge is 0.302 e. The molecule has 0 radical (unpaired) electrons. The Morgan fingerprint density at radius 2 is 1.86 bits per heavy atom. The van der Waals surface area contributed by atoms with E-state index in [4.69, 9.17) is 4.74 Å². The maximum Gasteiger partial charge on any atom is 0.302 e. The third kappa shape index (κ3) is 9.23. The van der Waals surface area contributed by atoms with E-state index in [1.54, 1.807) is 6.92 Å². The minimum atomic E-state index is -0.221. The van der Waals surface area contributed by atoms with E-state index in [9.17, 15) is 9.59 Å². The molecule has 14 heavy (non-hydrogen) atoms. The van der Waals surface area contributed by atoms with Crippen molar-refractivity contribution in [1.29, 1.82) is 0 Å². The first-order valence-electron chi connectivity index (χ1n) is 5.15. The Hall–Kier alpha value is -0.860. The van der Waals surface area contributed by atoms with Crippen LogP contribution in [0.4, 0.5) is 0 Å². The third-order valence-electron chi connectivity index (χ3n) is 2.14. The van der Waals surface area contributed by atoms with Gasteiger partial charge in [-0.1, -0.05) is 13.3 Å². The maximum atomic E-state index is 10.7. The monoisotopic (exact) mass is 200 g/mol. The van der Waals surface area contributed by atoms with Crippen molar-refractivity contribution in [3.05, 3.63) is 0 Å². The van der Waals surface area contributed by atoms with Gasteiger partial charge in [0.25, 0.3) is 0 Å². The zero-order chi connectivity index (χ0) is 11.0. The van der Waals surface area contributed by atoms with Crippen LogP contribution in [0, 0.1) is 5.92 Å². The summed E-state index contributed by atoms with van der Waals surface area (Å²) in [6.07, 6.45) is 3.52. The third-order valence-corrected chi connectivity index (χ3v) is 2.14. The van der Waals surface area contributed by atoms with Crippen molar-refractivity contribution in [1.82, 2.24) is 0 Å². The molecule has 0 rings (SSSR count). The highest BCUT2D eigenvalue weighted by Crippen LogP contribution is 2.11. The number of carbonyl (C=O) groups excluding carboxylic acids is 2. The van der Waals surface area contributed by atoms with E-state index >= 15 is 0 Å². The van der Waals surface area contributed by atoms with E-state index in [0.717, 1.165) is 19.3 Å². The van der Waals surface area contributed by atoms with Gasteiger partial charge in [0, 0.05) is 13.3 Å². The topological polar surface area (TPSA) is 43.4 Å². The lowest BCUT2D eigenvalue weighted by atomic mass is 10.0. The van der Waals surface area contributed by atoms with E-state index in [0.29, 0.717) is 18.9 Å². The van der Waals surface area contributed by atoms with Crippen molar-refractivity contribution in [3.63, 3.8) is 0 Å². The van der Waals surface area contributed by atoms with Gasteiger partial charge in [-0.25, -0.2) is 0 Å². The number of carbonyl (C=O) groups is 2. The van der Waals surface area contributed by atoms with Crippen LogP contribution in [-0.2, 0) is 14.3 Å². The van der Waals surface area contributed by atoms with Gasteiger partial charge >= 0.3 is 5.97 Å². The van der Waals surface area contributed by atoms with Crippen LogP contribution in [0.2, 0.25) is 0 Å². The maximum absolute atomic E-state index is 10.7. The van der Waals surface area contributed by atoms with Gasteiger partial charge in [0.05, 0.1) is 6.61 Å². The molecule has 0 aromatic carbocycles. The molecular weight excluding hydrogens is 180 g/mol. The number of ether oxygens (including phenoxy) is 1. The zero-order valence-electron chi connectivity index (χ0n) is 9.34. The summed E-state index contributed by atoms with van der Waals surface area (Å²) in [5.41, 5.74) is 0. The Bertz CT molecular complexity index is 167. The number of hydrogen-bond acceptors (Lipinski definition) is 3. The zero-order valence-corrected chi connectivity index (χ0v) is 9.34. The van der Waals surface area contributed by atoms with Gasteiger partial charge in [-0.2, -0.15) is 0 Å². The van der Waals surface area contributed by atoms with Crippen molar-refractivity contribution in [2.45, 2.75) is 46.5 Å². The second kappa shape index (κ2) is 7.54. The summed E-state index contributed by atoms with van der Waals surface area (Å²) in [5.74, 6) is 0.548. The number of ketones is 1. The molecule has 3 heteroatoms. The Kier molecular flexibility index (Phi) is 7.07. The summed E-state index contributed by atoms with van der Waals surface area (Å²) in [5, 5.41) is 0. The van der Waals surface area contributed by atoms with Gasteiger partial charge in [0.2, 0.25) is 0 Å². The molecule has 0 amide bonds.